The fraction of sp³-hybridized carbons (Fsp3) is 0.300. The number of methoxy groups -OCH3 is 1. The fourth-order valence-corrected chi connectivity index (χ4v) is 2.78. The van der Waals surface area contributed by atoms with Crippen LogP contribution in [-0.2, 0) is 4.79 Å². The molecule has 0 aliphatic heterocycles. The van der Waals surface area contributed by atoms with Gasteiger partial charge in [0.15, 0.2) is 5.75 Å². The van der Waals surface area contributed by atoms with Crippen LogP contribution in [-0.4, -0.2) is 23.8 Å². The Morgan fingerprint density at radius 1 is 1.18 bits per heavy atom. The average Bonchev–Trinajstić information content (AvgIpc) is 3.53. The largest absolute Gasteiger partial charge is 0.490 e. The number of amides is 2. The van der Waals surface area contributed by atoms with Crippen LogP contribution in [0, 0.1) is 16.0 Å². The first-order valence-electron chi connectivity index (χ1n) is 8.93. The van der Waals surface area contributed by atoms with E-state index in [2.05, 4.69) is 10.6 Å². The van der Waals surface area contributed by atoms with Crippen molar-refractivity contribution in [2.45, 2.75) is 25.8 Å². The molecule has 1 aliphatic rings. The summed E-state index contributed by atoms with van der Waals surface area (Å²) < 4.78 is 4.95. The lowest BCUT2D eigenvalue weighted by Gasteiger charge is -2.15. The monoisotopic (exact) mass is 383 g/mol. The molecule has 3 rings (SSSR count). The van der Waals surface area contributed by atoms with Crippen molar-refractivity contribution in [1.29, 1.82) is 0 Å². The maximum Gasteiger partial charge on any atom is 0.311 e. The number of carbonyl (C=O) groups excluding carboxylic acids is 2. The fourth-order valence-electron chi connectivity index (χ4n) is 2.78. The molecule has 0 saturated heterocycles. The summed E-state index contributed by atoms with van der Waals surface area (Å²) in [5.41, 5.74) is 1.47. The zero-order valence-corrected chi connectivity index (χ0v) is 15.6. The quantitative estimate of drug-likeness (QED) is 0.562. The molecule has 0 aromatic heterocycles. The van der Waals surface area contributed by atoms with E-state index in [0.29, 0.717) is 5.69 Å². The topological polar surface area (TPSA) is 111 Å². The van der Waals surface area contributed by atoms with Crippen LogP contribution in [0.3, 0.4) is 0 Å². The van der Waals surface area contributed by atoms with Crippen molar-refractivity contribution in [1.82, 2.24) is 5.32 Å². The maximum atomic E-state index is 12.5. The van der Waals surface area contributed by atoms with Crippen molar-refractivity contribution < 1.29 is 19.2 Å². The second-order valence-corrected chi connectivity index (χ2v) is 6.72. The molecule has 2 amide bonds. The third-order valence-electron chi connectivity index (χ3n) is 4.61. The Hall–Kier alpha value is -3.42. The molecule has 0 bridgehead atoms. The number of ether oxygens (including phenoxy) is 1. The molecule has 8 heteroatoms. The minimum atomic E-state index is -0.590. The molecular formula is C20H21N3O5. The molecular weight excluding hydrogens is 362 g/mol. The molecule has 2 aromatic carbocycles. The third kappa shape index (κ3) is 4.46. The summed E-state index contributed by atoms with van der Waals surface area (Å²) in [6.45, 7) is 1.81. The number of nitrogens with zero attached hydrogens (tertiary/aromatic N) is 1. The first kappa shape index (κ1) is 19.3. The van der Waals surface area contributed by atoms with Crippen LogP contribution in [0.5, 0.6) is 5.75 Å². The Labute approximate surface area is 162 Å². The van der Waals surface area contributed by atoms with Gasteiger partial charge in [-0.15, -0.1) is 0 Å². The van der Waals surface area contributed by atoms with Gasteiger partial charge in [0, 0.05) is 23.2 Å². The van der Waals surface area contributed by atoms with Gasteiger partial charge in [-0.3, -0.25) is 19.7 Å². The van der Waals surface area contributed by atoms with Crippen LogP contribution in [0.25, 0.3) is 0 Å². The van der Waals surface area contributed by atoms with E-state index in [1.165, 1.54) is 25.3 Å². The van der Waals surface area contributed by atoms with Crippen LogP contribution < -0.4 is 15.4 Å². The SMILES string of the molecule is COc1ccc(C(=O)NC(C)c2ccc(NC(=O)C3CC3)cc2)cc1[N+](=O)[O-]. The molecule has 1 fully saturated rings. The van der Waals surface area contributed by atoms with E-state index in [1.54, 1.807) is 12.1 Å². The lowest BCUT2D eigenvalue weighted by molar-refractivity contribution is -0.385. The van der Waals surface area contributed by atoms with Crippen LogP contribution in [0.1, 0.15) is 41.7 Å². The molecule has 0 spiro atoms. The van der Waals surface area contributed by atoms with Gasteiger partial charge in [-0.05, 0) is 49.6 Å². The van der Waals surface area contributed by atoms with Crippen LogP contribution in [0.15, 0.2) is 42.5 Å². The minimum Gasteiger partial charge on any atom is -0.490 e. The third-order valence-corrected chi connectivity index (χ3v) is 4.61. The molecule has 28 heavy (non-hydrogen) atoms. The van der Waals surface area contributed by atoms with Crippen molar-refractivity contribution in [3.8, 4) is 5.75 Å². The maximum absolute atomic E-state index is 12.5. The van der Waals surface area contributed by atoms with Gasteiger partial charge in [0.1, 0.15) is 0 Å². The average molecular weight is 383 g/mol. The number of benzene rings is 2. The molecule has 1 aliphatic carbocycles. The Kier molecular flexibility index (Phi) is 5.58. The highest BCUT2D eigenvalue weighted by Crippen LogP contribution is 2.30. The predicted octanol–water partition coefficient (Wildman–Crippen LogP) is 3.44. The van der Waals surface area contributed by atoms with Gasteiger partial charge in [-0.2, -0.15) is 0 Å². The van der Waals surface area contributed by atoms with Crippen molar-refractivity contribution in [2.75, 3.05) is 12.4 Å². The van der Waals surface area contributed by atoms with Crippen LogP contribution in [0.2, 0.25) is 0 Å². The van der Waals surface area contributed by atoms with Crippen molar-refractivity contribution >= 4 is 23.2 Å². The van der Waals surface area contributed by atoms with Gasteiger partial charge in [0.2, 0.25) is 5.91 Å². The predicted molar refractivity (Wildman–Crippen MR) is 103 cm³/mol. The first-order chi connectivity index (χ1) is 13.4. The van der Waals surface area contributed by atoms with E-state index in [-0.39, 0.29) is 34.9 Å². The highest BCUT2D eigenvalue weighted by atomic mass is 16.6. The van der Waals surface area contributed by atoms with Crippen LogP contribution >= 0.6 is 0 Å². The molecule has 2 N–H and O–H groups in total. The van der Waals surface area contributed by atoms with Crippen molar-refractivity contribution in [3.63, 3.8) is 0 Å². The van der Waals surface area contributed by atoms with E-state index in [9.17, 15) is 19.7 Å². The minimum absolute atomic E-state index is 0.0372. The zero-order chi connectivity index (χ0) is 20.3. The lowest BCUT2D eigenvalue weighted by Crippen LogP contribution is -2.26. The Morgan fingerprint density at radius 3 is 2.43 bits per heavy atom. The molecule has 0 heterocycles. The second kappa shape index (κ2) is 8.08. The Bertz CT molecular complexity index is 907. The molecule has 146 valence electrons. The Morgan fingerprint density at radius 2 is 1.86 bits per heavy atom. The normalized spacial score (nSPS) is 14.1. The van der Waals surface area contributed by atoms with Crippen molar-refractivity contribution in [3.05, 3.63) is 63.7 Å². The summed E-state index contributed by atoms with van der Waals surface area (Å²) in [4.78, 5) is 34.8. The van der Waals surface area contributed by atoms with E-state index >= 15 is 0 Å². The summed E-state index contributed by atoms with van der Waals surface area (Å²) in [5, 5.41) is 16.8. The number of hydrogen-bond donors (Lipinski definition) is 2. The molecule has 8 nitrogen and oxygen atoms in total. The van der Waals surface area contributed by atoms with E-state index in [1.807, 2.05) is 19.1 Å². The molecule has 0 radical (unpaired) electrons. The van der Waals surface area contributed by atoms with E-state index in [0.717, 1.165) is 18.4 Å². The van der Waals surface area contributed by atoms with E-state index < -0.39 is 10.8 Å². The number of carbonyl (C=O) groups is 2. The summed E-state index contributed by atoms with van der Waals surface area (Å²) in [7, 11) is 1.33. The van der Waals surface area contributed by atoms with Crippen LogP contribution in [0.4, 0.5) is 11.4 Å². The standard InChI is InChI=1S/C20H21N3O5/c1-12(13-5-8-16(9-6-13)22-19(24)14-3-4-14)21-20(25)15-7-10-18(28-2)17(11-15)23(26)27/h5-12,14H,3-4H2,1-2H3,(H,21,25)(H,22,24). The second-order valence-electron chi connectivity index (χ2n) is 6.72. The molecule has 1 unspecified atom stereocenters. The van der Waals surface area contributed by atoms with Gasteiger partial charge >= 0.3 is 5.69 Å². The summed E-state index contributed by atoms with van der Waals surface area (Å²) in [6, 6.07) is 11.0. The number of nitrogens with one attached hydrogen (secondary N) is 2. The number of nitro groups is 1. The number of rotatable bonds is 7. The zero-order valence-electron chi connectivity index (χ0n) is 15.6. The van der Waals surface area contributed by atoms with Gasteiger partial charge in [0.05, 0.1) is 18.1 Å². The highest BCUT2D eigenvalue weighted by Gasteiger charge is 2.29. The van der Waals surface area contributed by atoms with Gasteiger partial charge in [0.25, 0.3) is 5.91 Å². The molecule has 2 aromatic rings. The molecule has 1 saturated carbocycles. The lowest BCUT2D eigenvalue weighted by atomic mass is 10.1. The number of hydrogen-bond acceptors (Lipinski definition) is 5. The van der Waals surface area contributed by atoms with E-state index in [4.69, 9.17) is 4.74 Å². The Balaban J connectivity index is 1.66. The van der Waals surface area contributed by atoms with Gasteiger partial charge in [-0.25, -0.2) is 0 Å². The molecule has 1 atom stereocenters. The van der Waals surface area contributed by atoms with Crippen molar-refractivity contribution in [2.24, 2.45) is 5.92 Å². The van der Waals surface area contributed by atoms with Gasteiger partial charge < -0.3 is 15.4 Å². The summed E-state index contributed by atoms with van der Waals surface area (Å²) in [5.74, 6) is -0.163. The highest BCUT2D eigenvalue weighted by molar-refractivity contribution is 5.95. The first-order valence-corrected chi connectivity index (χ1v) is 8.93. The smallest absolute Gasteiger partial charge is 0.311 e. The number of nitro benzene ring substituents is 1. The van der Waals surface area contributed by atoms with Gasteiger partial charge in [-0.1, -0.05) is 12.1 Å². The summed E-state index contributed by atoms with van der Waals surface area (Å²) >= 11 is 0. The summed E-state index contributed by atoms with van der Waals surface area (Å²) in [6.07, 6.45) is 1.88. The number of anilines is 1.